The van der Waals surface area contributed by atoms with E-state index in [4.69, 9.17) is 11.6 Å². The standard InChI is InChI=1S/C15H18ClN3/c1-5-14-17-13(16)9-15(18-14)19(4)12-7-10(2)6-11(3)8-12/h6-9H,5H2,1-4H3. The Hall–Kier alpha value is -1.61. The van der Waals surface area contributed by atoms with Crippen molar-refractivity contribution in [3.05, 3.63) is 46.4 Å². The third-order valence-electron chi connectivity index (χ3n) is 2.98. The van der Waals surface area contributed by atoms with Crippen molar-refractivity contribution in [2.75, 3.05) is 11.9 Å². The topological polar surface area (TPSA) is 29.0 Å². The Morgan fingerprint density at radius 3 is 2.26 bits per heavy atom. The van der Waals surface area contributed by atoms with E-state index in [-0.39, 0.29) is 0 Å². The lowest BCUT2D eigenvalue weighted by atomic mass is 10.1. The molecule has 2 rings (SSSR count). The van der Waals surface area contributed by atoms with E-state index in [9.17, 15) is 0 Å². The summed E-state index contributed by atoms with van der Waals surface area (Å²) in [6.45, 7) is 6.20. The maximum atomic E-state index is 6.05. The van der Waals surface area contributed by atoms with Crippen LogP contribution in [0.5, 0.6) is 0 Å². The molecule has 0 unspecified atom stereocenters. The zero-order valence-electron chi connectivity index (χ0n) is 11.7. The van der Waals surface area contributed by atoms with Crippen LogP contribution in [-0.2, 0) is 6.42 Å². The van der Waals surface area contributed by atoms with Gasteiger partial charge in [0.1, 0.15) is 16.8 Å². The molecule has 1 aromatic heterocycles. The molecule has 0 amide bonds. The van der Waals surface area contributed by atoms with Crippen LogP contribution in [0.3, 0.4) is 0 Å². The van der Waals surface area contributed by atoms with Gasteiger partial charge in [0, 0.05) is 25.2 Å². The fraction of sp³-hybridized carbons (Fsp3) is 0.333. The highest BCUT2D eigenvalue weighted by Crippen LogP contribution is 2.25. The summed E-state index contributed by atoms with van der Waals surface area (Å²) in [5, 5.41) is 0.484. The number of anilines is 2. The van der Waals surface area contributed by atoms with E-state index in [1.807, 2.05) is 18.9 Å². The number of hydrogen-bond donors (Lipinski definition) is 0. The Bertz CT molecular complexity index is 576. The average molecular weight is 276 g/mol. The first-order chi connectivity index (χ1) is 8.99. The normalized spacial score (nSPS) is 10.6. The van der Waals surface area contributed by atoms with Crippen molar-refractivity contribution >= 4 is 23.1 Å². The number of halogens is 1. The second-order valence-corrected chi connectivity index (χ2v) is 5.11. The van der Waals surface area contributed by atoms with E-state index >= 15 is 0 Å². The summed E-state index contributed by atoms with van der Waals surface area (Å²) < 4.78 is 0. The predicted molar refractivity (Wildman–Crippen MR) is 80.4 cm³/mol. The molecule has 0 saturated heterocycles. The largest absolute Gasteiger partial charge is 0.329 e. The van der Waals surface area contributed by atoms with E-state index < -0.39 is 0 Å². The van der Waals surface area contributed by atoms with Gasteiger partial charge in [-0.15, -0.1) is 0 Å². The van der Waals surface area contributed by atoms with Gasteiger partial charge in [-0.1, -0.05) is 24.6 Å². The summed E-state index contributed by atoms with van der Waals surface area (Å²) in [6.07, 6.45) is 0.772. The van der Waals surface area contributed by atoms with Gasteiger partial charge in [-0.3, -0.25) is 0 Å². The molecule has 0 aliphatic rings. The van der Waals surface area contributed by atoms with E-state index in [0.717, 1.165) is 23.8 Å². The molecule has 1 aromatic carbocycles. The zero-order chi connectivity index (χ0) is 14.0. The van der Waals surface area contributed by atoms with Crippen LogP contribution in [0.4, 0.5) is 11.5 Å². The van der Waals surface area contributed by atoms with Crippen molar-refractivity contribution in [2.24, 2.45) is 0 Å². The lowest BCUT2D eigenvalue weighted by Gasteiger charge is -2.20. The lowest BCUT2D eigenvalue weighted by Crippen LogP contribution is -2.13. The van der Waals surface area contributed by atoms with Crippen LogP contribution in [0.1, 0.15) is 23.9 Å². The number of nitrogens with zero attached hydrogens (tertiary/aromatic N) is 3. The fourth-order valence-corrected chi connectivity index (χ4v) is 2.25. The smallest absolute Gasteiger partial charge is 0.137 e. The van der Waals surface area contributed by atoms with Crippen LogP contribution in [0, 0.1) is 13.8 Å². The van der Waals surface area contributed by atoms with Crippen molar-refractivity contribution in [1.82, 2.24) is 9.97 Å². The third-order valence-corrected chi connectivity index (χ3v) is 3.17. The number of rotatable bonds is 3. The number of aryl methyl sites for hydroxylation is 3. The molecule has 0 bridgehead atoms. The molecule has 100 valence electrons. The lowest BCUT2D eigenvalue weighted by molar-refractivity contribution is 0.926. The summed E-state index contributed by atoms with van der Waals surface area (Å²) >= 11 is 6.05. The quantitative estimate of drug-likeness (QED) is 0.791. The highest BCUT2D eigenvalue weighted by Gasteiger charge is 2.09. The molecule has 19 heavy (non-hydrogen) atoms. The van der Waals surface area contributed by atoms with Crippen LogP contribution in [-0.4, -0.2) is 17.0 Å². The highest BCUT2D eigenvalue weighted by molar-refractivity contribution is 6.29. The van der Waals surface area contributed by atoms with Crippen molar-refractivity contribution in [1.29, 1.82) is 0 Å². The molecule has 1 heterocycles. The van der Waals surface area contributed by atoms with Crippen molar-refractivity contribution in [3.63, 3.8) is 0 Å². The van der Waals surface area contributed by atoms with Crippen LogP contribution in [0.15, 0.2) is 24.3 Å². The van der Waals surface area contributed by atoms with E-state index in [1.165, 1.54) is 11.1 Å². The highest BCUT2D eigenvalue weighted by atomic mass is 35.5. The van der Waals surface area contributed by atoms with Crippen LogP contribution >= 0.6 is 11.6 Å². The summed E-state index contributed by atoms with van der Waals surface area (Å²) in [7, 11) is 1.99. The van der Waals surface area contributed by atoms with Gasteiger partial charge in [0.05, 0.1) is 0 Å². The molecule has 0 N–H and O–H groups in total. The molecule has 0 spiro atoms. The van der Waals surface area contributed by atoms with Crippen molar-refractivity contribution in [2.45, 2.75) is 27.2 Å². The molecular formula is C15H18ClN3. The summed E-state index contributed by atoms with van der Waals surface area (Å²) in [5.41, 5.74) is 3.57. The number of hydrogen-bond acceptors (Lipinski definition) is 3. The number of benzene rings is 1. The Morgan fingerprint density at radius 2 is 1.68 bits per heavy atom. The molecule has 0 atom stereocenters. The van der Waals surface area contributed by atoms with E-state index in [2.05, 4.69) is 42.0 Å². The van der Waals surface area contributed by atoms with Crippen LogP contribution in [0.25, 0.3) is 0 Å². The predicted octanol–water partition coefficient (Wildman–Crippen LogP) is 4.08. The minimum Gasteiger partial charge on any atom is -0.329 e. The van der Waals surface area contributed by atoms with Gasteiger partial charge in [0.25, 0.3) is 0 Å². The third kappa shape index (κ3) is 3.24. The van der Waals surface area contributed by atoms with Gasteiger partial charge >= 0.3 is 0 Å². The van der Waals surface area contributed by atoms with Crippen molar-refractivity contribution < 1.29 is 0 Å². The average Bonchev–Trinajstić information content (AvgIpc) is 2.35. The first-order valence-corrected chi connectivity index (χ1v) is 6.73. The molecule has 0 aliphatic carbocycles. The summed E-state index contributed by atoms with van der Waals surface area (Å²) in [5.74, 6) is 1.58. The minimum absolute atomic E-state index is 0.484. The second kappa shape index (κ2) is 5.57. The van der Waals surface area contributed by atoms with Gasteiger partial charge in [-0.25, -0.2) is 9.97 Å². The second-order valence-electron chi connectivity index (χ2n) is 4.72. The monoisotopic (exact) mass is 275 g/mol. The molecule has 0 saturated carbocycles. The van der Waals surface area contributed by atoms with E-state index in [0.29, 0.717) is 5.15 Å². The molecule has 4 heteroatoms. The number of aromatic nitrogens is 2. The van der Waals surface area contributed by atoms with Gasteiger partial charge in [-0.2, -0.15) is 0 Å². The Morgan fingerprint density at radius 1 is 1.05 bits per heavy atom. The Kier molecular flexibility index (Phi) is 4.05. The van der Waals surface area contributed by atoms with Crippen LogP contribution < -0.4 is 4.90 Å². The first kappa shape index (κ1) is 13.8. The summed E-state index contributed by atoms with van der Waals surface area (Å²) in [6, 6.07) is 8.21. The Balaban J connectivity index is 2.43. The zero-order valence-corrected chi connectivity index (χ0v) is 12.5. The minimum atomic E-state index is 0.484. The van der Waals surface area contributed by atoms with Gasteiger partial charge < -0.3 is 4.90 Å². The van der Waals surface area contributed by atoms with Gasteiger partial charge in [0.15, 0.2) is 0 Å². The molecule has 3 nitrogen and oxygen atoms in total. The maximum Gasteiger partial charge on any atom is 0.137 e. The fourth-order valence-electron chi connectivity index (χ4n) is 2.06. The summed E-state index contributed by atoms with van der Waals surface area (Å²) in [4.78, 5) is 10.7. The van der Waals surface area contributed by atoms with E-state index in [1.54, 1.807) is 6.07 Å². The Labute approximate surface area is 119 Å². The molecule has 0 fully saturated rings. The molecular weight excluding hydrogens is 258 g/mol. The molecule has 2 aromatic rings. The van der Waals surface area contributed by atoms with Gasteiger partial charge in [0.2, 0.25) is 0 Å². The van der Waals surface area contributed by atoms with Crippen molar-refractivity contribution in [3.8, 4) is 0 Å². The molecule has 0 radical (unpaired) electrons. The van der Waals surface area contributed by atoms with Crippen LogP contribution in [0.2, 0.25) is 5.15 Å². The van der Waals surface area contributed by atoms with Gasteiger partial charge in [-0.05, 0) is 37.1 Å². The first-order valence-electron chi connectivity index (χ1n) is 6.35. The SMILES string of the molecule is CCc1nc(Cl)cc(N(C)c2cc(C)cc(C)c2)n1. The molecule has 0 aliphatic heterocycles. The maximum absolute atomic E-state index is 6.05.